The van der Waals surface area contributed by atoms with Gasteiger partial charge in [-0.15, -0.1) is 10.2 Å². The number of aryl methyl sites for hydroxylation is 1. The molecule has 0 atom stereocenters. The smallest absolute Gasteiger partial charge is 0.269 e. The van der Waals surface area contributed by atoms with Crippen molar-refractivity contribution in [2.24, 2.45) is 0 Å². The highest BCUT2D eigenvalue weighted by Crippen LogP contribution is 2.29. The summed E-state index contributed by atoms with van der Waals surface area (Å²) in [5.74, 6) is 1.17. The molecule has 0 aliphatic rings. The van der Waals surface area contributed by atoms with Gasteiger partial charge in [-0.3, -0.25) is 24.5 Å². The molecule has 0 fully saturated rings. The third-order valence-corrected chi connectivity index (χ3v) is 5.93. The maximum Gasteiger partial charge on any atom is 0.269 e. The van der Waals surface area contributed by atoms with Crippen LogP contribution in [0.1, 0.15) is 12.5 Å². The number of anilines is 1. The molecule has 0 aliphatic heterocycles. The van der Waals surface area contributed by atoms with Crippen LogP contribution in [0.2, 0.25) is 0 Å². The zero-order valence-electron chi connectivity index (χ0n) is 19.0. The number of benzene rings is 2. The van der Waals surface area contributed by atoms with E-state index in [-0.39, 0.29) is 17.3 Å². The van der Waals surface area contributed by atoms with Crippen LogP contribution < -0.4 is 10.1 Å². The topological polar surface area (TPSA) is 125 Å². The van der Waals surface area contributed by atoms with Crippen LogP contribution in [0.15, 0.2) is 72.1 Å². The van der Waals surface area contributed by atoms with E-state index in [1.54, 1.807) is 19.3 Å². The van der Waals surface area contributed by atoms with E-state index in [0.29, 0.717) is 28.8 Å². The molecular weight excluding hydrogens is 468 g/mol. The van der Waals surface area contributed by atoms with Crippen LogP contribution in [0.3, 0.4) is 0 Å². The fourth-order valence-corrected chi connectivity index (χ4v) is 4.11. The number of nitrogens with zero attached hydrogens (tertiary/aromatic N) is 5. The van der Waals surface area contributed by atoms with Crippen LogP contribution in [0.25, 0.3) is 17.1 Å². The van der Waals surface area contributed by atoms with Crippen molar-refractivity contribution in [3.8, 4) is 22.8 Å². The normalized spacial score (nSPS) is 10.7. The SMILES string of the molecule is CCOc1ccc(-n2c(SCC(=O)Nc3ccc([N+](=O)[O-])cc3C)nnc2-c2ccncc2)cc1. The highest BCUT2D eigenvalue weighted by Gasteiger charge is 2.18. The van der Waals surface area contributed by atoms with Crippen molar-refractivity contribution in [2.75, 3.05) is 17.7 Å². The Labute approximate surface area is 205 Å². The van der Waals surface area contributed by atoms with Gasteiger partial charge in [-0.25, -0.2) is 0 Å². The standard InChI is InChI=1S/C24H22N6O4S/c1-3-34-20-7-4-18(5-8-20)29-23(17-10-12-25-13-11-17)27-28-24(29)35-15-22(31)26-21-9-6-19(30(32)33)14-16(21)2/h4-14H,3,15H2,1-2H3,(H,26,31). The lowest BCUT2D eigenvalue weighted by molar-refractivity contribution is -0.384. The van der Waals surface area contributed by atoms with Crippen LogP contribution in [-0.4, -0.2) is 42.9 Å². The van der Waals surface area contributed by atoms with Crippen molar-refractivity contribution in [1.82, 2.24) is 19.7 Å². The zero-order valence-corrected chi connectivity index (χ0v) is 19.9. The second-order valence-electron chi connectivity index (χ2n) is 7.40. The lowest BCUT2D eigenvalue weighted by atomic mass is 10.2. The number of hydrogen-bond donors (Lipinski definition) is 1. The summed E-state index contributed by atoms with van der Waals surface area (Å²) in [4.78, 5) is 27.2. The number of nitro groups is 1. The number of rotatable bonds is 9. The molecule has 35 heavy (non-hydrogen) atoms. The zero-order chi connectivity index (χ0) is 24.8. The van der Waals surface area contributed by atoms with Crippen molar-refractivity contribution >= 4 is 29.0 Å². The molecule has 0 spiro atoms. The van der Waals surface area contributed by atoms with Crippen LogP contribution in [-0.2, 0) is 4.79 Å². The molecule has 0 saturated carbocycles. The average molecular weight is 491 g/mol. The second-order valence-corrected chi connectivity index (χ2v) is 8.34. The number of hydrogen-bond acceptors (Lipinski definition) is 8. The molecule has 1 N–H and O–H groups in total. The Morgan fingerprint density at radius 3 is 2.51 bits per heavy atom. The van der Waals surface area contributed by atoms with Crippen molar-refractivity contribution in [2.45, 2.75) is 19.0 Å². The van der Waals surface area contributed by atoms with E-state index in [9.17, 15) is 14.9 Å². The predicted molar refractivity (Wildman–Crippen MR) is 133 cm³/mol. The van der Waals surface area contributed by atoms with E-state index in [4.69, 9.17) is 4.74 Å². The lowest BCUT2D eigenvalue weighted by Gasteiger charge is -2.12. The fourth-order valence-electron chi connectivity index (χ4n) is 3.36. The number of non-ortho nitro benzene ring substituents is 1. The van der Waals surface area contributed by atoms with Gasteiger partial charge in [-0.2, -0.15) is 0 Å². The van der Waals surface area contributed by atoms with Gasteiger partial charge in [-0.1, -0.05) is 11.8 Å². The Morgan fingerprint density at radius 2 is 1.86 bits per heavy atom. The molecule has 178 valence electrons. The van der Waals surface area contributed by atoms with Gasteiger partial charge >= 0.3 is 0 Å². The average Bonchev–Trinajstić information content (AvgIpc) is 3.29. The molecule has 0 radical (unpaired) electrons. The second kappa shape index (κ2) is 10.8. The van der Waals surface area contributed by atoms with E-state index in [0.717, 1.165) is 17.0 Å². The largest absolute Gasteiger partial charge is 0.494 e. The van der Waals surface area contributed by atoms with Crippen molar-refractivity contribution in [3.63, 3.8) is 0 Å². The number of pyridine rings is 1. The summed E-state index contributed by atoms with van der Waals surface area (Å²) in [7, 11) is 0. The minimum Gasteiger partial charge on any atom is -0.494 e. The molecule has 0 aliphatic carbocycles. The third-order valence-electron chi connectivity index (χ3n) is 5.01. The molecular formula is C24H22N6O4S. The lowest BCUT2D eigenvalue weighted by Crippen LogP contribution is -2.15. The summed E-state index contributed by atoms with van der Waals surface area (Å²) in [6.07, 6.45) is 3.36. The molecule has 10 nitrogen and oxygen atoms in total. The van der Waals surface area contributed by atoms with E-state index < -0.39 is 4.92 Å². The number of amides is 1. The van der Waals surface area contributed by atoms with E-state index in [1.165, 1.54) is 30.0 Å². The van der Waals surface area contributed by atoms with Gasteiger partial charge in [0.25, 0.3) is 5.69 Å². The van der Waals surface area contributed by atoms with Gasteiger partial charge in [-0.05, 0) is 61.9 Å². The first-order valence-electron chi connectivity index (χ1n) is 10.7. The summed E-state index contributed by atoms with van der Waals surface area (Å²) in [6.45, 7) is 4.20. The van der Waals surface area contributed by atoms with E-state index in [2.05, 4.69) is 20.5 Å². The van der Waals surface area contributed by atoms with Crippen LogP contribution >= 0.6 is 11.8 Å². The minimum absolute atomic E-state index is 0.0260. The third kappa shape index (κ3) is 5.64. The predicted octanol–water partition coefficient (Wildman–Crippen LogP) is 4.68. The molecule has 0 saturated heterocycles. The van der Waals surface area contributed by atoms with Crippen LogP contribution in [0, 0.1) is 17.0 Å². The molecule has 4 aromatic rings. The maximum atomic E-state index is 12.6. The Kier molecular flexibility index (Phi) is 7.36. The first-order chi connectivity index (χ1) is 17.0. The summed E-state index contributed by atoms with van der Waals surface area (Å²) in [6, 6.07) is 15.5. The number of nitro benzene ring substituents is 1. The molecule has 2 aromatic heterocycles. The summed E-state index contributed by atoms with van der Waals surface area (Å²) >= 11 is 1.24. The van der Waals surface area contributed by atoms with Gasteiger partial charge in [0.2, 0.25) is 5.91 Å². The molecule has 0 bridgehead atoms. The van der Waals surface area contributed by atoms with Crippen molar-refractivity contribution in [3.05, 3.63) is 82.7 Å². The number of carbonyl (C=O) groups excluding carboxylic acids is 1. The molecule has 4 rings (SSSR count). The minimum atomic E-state index is -0.470. The first-order valence-corrected chi connectivity index (χ1v) is 11.7. The highest BCUT2D eigenvalue weighted by atomic mass is 32.2. The molecule has 11 heteroatoms. The highest BCUT2D eigenvalue weighted by molar-refractivity contribution is 7.99. The number of aromatic nitrogens is 4. The van der Waals surface area contributed by atoms with Gasteiger partial charge in [0.1, 0.15) is 5.75 Å². The maximum absolute atomic E-state index is 12.6. The summed E-state index contributed by atoms with van der Waals surface area (Å²) < 4.78 is 7.42. The Bertz CT molecular complexity index is 1340. The molecule has 2 heterocycles. The van der Waals surface area contributed by atoms with Crippen LogP contribution in [0.5, 0.6) is 5.75 Å². The van der Waals surface area contributed by atoms with E-state index in [1.807, 2.05) is 47.9 Å². The van der Waals surface area contributed by atoms with Gasteiger partial charge in [0.15, 0.2) is 11.0 Å². The molecule has 2 aromatic carbocycles. The quantitative estimate of drug-likeness (QED) is 0.204. The Hall–Kier alpha value is -4.25. The Balaban J connectivity index is 1.56. The number of nitrogens with one attached hydrogen (secondary N) is 1. The summed E-state index contributed by atoms with van der Waals surface area (Å²) in [5.41, 5.74) is 2.75. The van der Waals surface area contributed by atoms with E-state index >= 15 is 0 Å². The molecule has 1 amide bonds. The number of thioether (sulfide) groups is 1. The van der Waals surface area contributed by atoms with Crippen molar-refractivity contribution < 1.29 is 14.5 Å². The number of ether oxygens (including phenoxy) is 1. The monoisotopic (exact) mass is 490 g/mol. The fraction of sp³-hybridized carbons (Fsp3) is 0.167. The van der Waals surface area contributed by atoms with Gasteiger partial charge in [0.05, 0.1) is 17.3 Å². The van der Waals surface area contributed by atoms with Gasteiger partial charge < -0.3 is 10.1 Å². The first kappa shape index (κ1) is 23.9. The number of carbonyl (C=O) groups is 1. The summed E-state index contributed by atoms with van der Waals surface area (Å²) in [5, 5.41) is 23.0. The molecule has 0 unspecified atom stereocenters. The Morgan fingerprint density at radius 1 is 1.11 bits per heavy atom. The van der Waals surface area contributed by atoms with Gasteiger partial charge in [0, 0.05) is 41.5 Å². The van der Waals surface area contributed by atoms with Crippen LogP contribution in [0.4, 0.5) is 11.4 Å². The van der Waals surface area contributed by atoms with Crippen molar-refractivity contribution in [1.29, 1.82) is 0 Å².